The second-order valence-electron chi connectivity index (χ2n) is 7.83. The number of pyridine rings is 1. The molecule has 1 aliphatic rings. The van der Waals surface area contributed by atoms with E-state index in [1.807, 2.05) is 0 Å². The van der Waals surface area contributed by atoms with E-state index >= 15 is 0 Å². The van der Waals surface area contributed by atoms with Crippen LogP contribution in [-0.2, 0) is 0 Å². The number of amides is 1. The molecule has 0 bridgehead atoms. The number of benzene rings is 1. The van der Waals surface area contributed by atoms with Crippen molar-refractivity contribution in [3.8, 4) is 0 Å². The smallest absolute Gasteiger partial charge is 0.272 e. The maximum Gasteiger partial charge on any atom is 0.272 e. The molecule has 142 valence electrons. The van der Waals surface area contributed by atoms with Crippen molar-refractivity contribution in [2.75, 3.05) is 11.4 Å². The second-order valence-corrected chi connectivity index (χ2v) is 7.83. The van der Waals surface area contributed by atoms with Gasteiger partial charge in [-0.2, -0.15) is 5.10 Å². The van der Waals surface area contributed by atoms with Gasteiger partial charge in [-0.25, -0.2) is 5.43 Å². The molecule has 2 heterocycles. The molecular formula is C22H28N4O. The van der Waals surface area contributed by atoms with Gasteiger partial charge in [0.2, 0.25) is 0 Å². The van der Waals surface area contributed by atoms with E-state index in [-0.39, 0.29) is 11.4 Å². The van der Waals surface area contributed by atoms with Gasteiger partial charge in [-0.15, -0.1) is 0 Å². The minimum Gasteiger partial charge on any atom is -0.366 e. The van der Waals surface area contributed by atoms with Crippen molar-refractivity contribution in [2.45, 2.75) is 52.0 Å². The van der Waals surface area contributed by atoms with Crippen molar-refractivity contribution in [3.63, 3.8) is 0 Å². The molecule has 1 atom stereocenters. The molecule has 1 aliphatic heterocycles. The molecule has 5 heteroatoms. The molecule has 1 aromatic carbocycles. The van der Waals surface area contributed by atoms with Gasteiger partial charge in [0.15, 0.2) is 0 Å². The first kappa shape index (κ1) is 19.1. The summed E-state index contributed by atoms with van der Waals surface area (Å²) in [6.45, 7) is 10.2. The van der Waals surface area contributed by atoms with E-state index in [1.54, 1.807) is 24.5 Å². The number of carbonyl (C=O) groups is 1. The number of rotatable bonds is 5. The average molecular weight is 364 g/mol. The molecule has 0 saturated heterocycles. The number of fused-ring (bicyclic) bond motifs is 1. The summed E-state index contributed by atoms with van der Waals surface area (Å²) in [7, 11) is 0. The van der Waals surface area contributed by atoms with Gasteiger partial charge in [0.05, 0.1) is 11.8 Å². The van der Waals surface area contributed by atoms with Crippen molar-refractivity contribution in [1.29, 1.82) is 0 Å². The number of hydrogen-bond acceptors (Lipinski definition) is 4. The maximum absolute atomic E-state index is 12.0. The van der Waals surface area contributed by atoms with Gasteiger partial charge >= 0.3 is 0 Å². The third-order valence-corrected chi connectivity index (χ3v) is 5.16. The summed E-state index contributed by atoms with van der Waals surface area (Å²) >= 11 is 0. The van der Waals surface area contributed by atoms with E-state index < -0.39 is 0 Å². The summed E-state index contributed by atoms with van der Waals surface area (Å²) in [6.07, 6.45) is 7.11. The number of nitrogens with zero attached hydrogens (tertiary/aromatic N) is 3. The van der Waals surface area contributed by atoms with Crippen LogP contribution in [-0.4, -0.2) is 29.2 Å². The lowest BCUT2D eigenvalue weighted by Gasteiger charge is -2.47. The lowest BCUT2D eigenvalue weighted by molar-refractivity contribution is 0.0955. The first-order chi connectivity index (χ1) is 12.9. The monoisotopic (exact) mass is 364 g/mol. The highest BCUT2D eigenvalue weighted by atomic mass is 16.2. The van der Waals surface area contributed by atoms with Gasteiger partial charge < -0.3 is 4.90 Å². The summed E-state index contributed by atoms with van der Waals surface area (Å²) in [5.74, 6) is 0.225. The van der Waals surface area contributed by atoms with Crippen molar-refractivity contribution in [1.82, 2.24) is 10.4 Å². The van der Waals surface area contributed by atoms with Crippen LogP contribution in [0.4, 0.5) is 5.69 Å². The number of nitrogens with one attached hydrogen (secondary N) is 1. The fourth-order valence-electron chi connectivity index (χ4n) is 3.96. The number of hydrazone groups is 1. The van der Waals surface area contributed by atoms with Crippen LogP contribution in [0.15, 0.2) is 47.8 Å². The highest BCUT2D eigenvalue weighted by molar-refractivity contribution is 5.94. The van der Waals surface area contributed by atoms with Gasteiger partial charge in [0, 0.05) is 30.2 Å². The van der Waals surface area contributed by atoms with Gasteiger partial charge in [0.25, 0.3) is 5.91 Å². The summed E-state index contributed by atoms with van der Waals surface area (Å²) in [5.41, 5.74) is 6.87. The van der Waals surface area contributed by atoms with Crippen LogP contribution in [0.2, 0.25) is 0 Å². The lowest BCUT2D eigenvalue weighted by Crippen LogP contribution is -2.48. The van der Waals surface area contributed by atoms with Crippen molar-refractivity contribution < 1.29 is 4.79 Å². The van der Waals surface area contributed by atoms with Crippen LogP contribution in [0.25, 0.3) is 0 Å². The molecule has 0 saturated carbocycles. The Bertz CT molecular complexity index is 829. The largest absolute Gasteiger partial charge is 0.366 e. The van der Waals surface area contributed by atoms with E-state index in [1.165, 1.54) is 17.4 Å². The standard InChI is InChI=1S/C22H28N4O/c1-5-11-26-20-9-8-17(12-19(20)16(2)13-22(26,3)4)14-24-25-21(27)18-7-6-10-23-15-18/h6-10,12,14-16H,5,11,13H2,1-4H3,(H,25,27)/b24-14-. The molecule has 2 aromatic rings. The van der Waals surface area contributed by atoms with Gasteiger partial charge in [-0.05, 0) is 68.0 Å². The molecule has 3 rings (SSSR count). The van der Waals surface area contributed by atoms with E-state index in [4.69, 9.17) is 0 Å². The summed E-state index contributed by atoms with van der Waals surface area (Å²) < 4.78 is 0. The Morgan fingerprint density at radius 1 is 1.41 bits per heavy atom. The lowest BCUT2D eigenvalue weighted by atomic mass is 9.79. The van der Waals surface area contributed by atoms with E-state index in [9.17, 15) is 4.79 Å². The van der Waals surface area contributed by atoms with Crippen LogP contribution >= 0.6 is 0 Å². The third-order valence-electron chi connectivity index (χ3n) is 5.16. The van der Waals surface area contributed by atoms with Gasteiger partial charge in [0.1, 0.15) is 0 Å². The SMILES string of the molecule is CCCN1c2ccc(/C=N\NC(=O)c3cccnc3)cc2C(C)CC1(C)C. The van der Waals surface area contributed by atoms with Gasteiger partial charge in [-0.3, -0.25) is 9.78 Å². The minimum absolute atomic E-state index is 0.162. The van der Waals surface area contributed by atoms with Crippen LogP contribution in [0, 0.1) is 0 Å². The van der Waals surface area contributed by atoms with E-state index in [0.717, 1.165) is 24.9 Å². The van der Waals surface area contributed by atoms with Crippen molar-refractivity contribution >= 4 is 17.8 Å². The molecule has 27 heavy (non-hydrogen) atoms. The Morgan fingerprint density at radius 3 is 2.93 bits per heavy atom. The number of hydrogen-bond donors (Lipinski definition) is 1. The van der Waals surface area contributed by atoms with E-state index in [0.29, 0.717) is 11.5 Å². The summed E-state index contributed by atoms with van der Waals surface area (Å²) in [5, 5.41) is 4.11. The predicted molar refractivity (Wildman–Crippen MR) is 110 cm³/mol. The Labute approximate surface area is 161 Å². The van der Waals surface area contributed by atoms with Crippen LogP contribution < -0.4 is 10.3 Å². The molecule has 1 aromatic heterocycles. The minimum atomic E-state index is -0.262. The number of aromatic nitrogens is 1. The maximum atomic E-state index is 12.0. The summed E-state index contributed by atoms with van der Waals surface area (Å²) in [4.78, 5) is 18.5. The van der Waals surface area contributed by atoms with Crippen LogP contribution in [0.1, 0.15) is 67.9 Å². The fraction of sp³-hybridized carbons (Fsp3) is 0.409. The Hall–Kier alpha value is -2.69. The van der Waals surface area contributed by atoms with Crippen LogP contribution in [0.3, 0.4) is 0 Å². The topological polar surface area (TPSA) is 57.6 Å². The highest BCUT2D eigenvalue weighted by Crippen LogP contribution is 2.43. The van der Waals surface area contributed by atoms with E-state index in [2.05, 4.69) is 66.3 Å². The Balaban J connectivity index is 1.77. The Kier molecular flexibility index (Phi) is 5.59. The van der Waals surface area contributed by atoms with Crippen molar-refractivity contribution in [2.24, 2.45) is 5.10 Å². The highest BCUT2D eigenvalue weighted by Gasteiger charge is 2.35. The number of carbonyl (C=O) groups excluding carboxylic acids is 1. The molecule has 0 spiro atoms. The third kappa shape index (κ3) is 4.18. The zero-order valence-electron chi connectivity index (χ0n) is 16.6. The van der Waals surface area contributed by atoms with Gasteiger partial charge in [-0.1, -0.05) is 19.9 Å². The Morgan fingerprint density at radius 2 is 2.22 bits per heavy atom. The molecule has 0 radical (unpaired) electrons. The summed E-state index contributed by atoms with van der Waals surface area (Å²) in [6, 6.07) is 9.88. The number of anilines is 1. The normalized spacial score (nSPS) is 18.4. The molecule has 5 nitrogen and oxygen atoms in total. The first-order valence-electron chi connectivity index (χ1n) is 9.57. The quantitative estimate of drug-likeness (QED) is 0.634. The second kappa shape index (κ2) is 7.91. The fourth-order valence-corrected chi connectivity index (χ4v) is 3.96. The average Bonchev–Trinajstić information content (AvgIpc) is 2.65. The zero-order valence-corrected chi connectivity index (χ0v) is 16.6. The molecule has 1 amide bonds. The zero-order chi connectivity index (χ0) is 19.4. The van der Waals surface area contributed by atoms with Crippen LogP contribution in [0.5, 0.6) is 0 Å². The van der Waals surface area contributed by atoms with Crippen molar-refractivity contribution in [3.05, 3.63) is 59.4 Å². The molecule has 0 aliphatic carbocycles. The first-order valence-corrected chi connectivity index (χ1v) is 9.57. The molecular weight excluding hydrogens is 336 g/mol. The molecule has 1 unspecified atom stereocenters. The molecule has 0 fully saturated rings. The molecule has 1 N–H and O–H groups in total. The predicted octanol–water partition coefficient (Wildman–Crippen LogP) is 4.35.